The quantitative estimate of drug-likeness (QED) is 0.164. The summed E-state index contributed by atoms with van der Waals surface area (Å²) in [5.41, 5.74) is 12.8. The molecule has 226 valence electrons. The average Bonchev–Trinajstić information content (AvgIpc) is 2.96. The Labute approximate surface area is 262 Å². The largest absolute Gasteiger partial charge is 0.496 e. The standard InChI is InChI=1S/C35H36N4O4S/c1-20-13-23(19-44-31-10-8-7-9-21(31)2)22(3)25(14-20)32-26(18-36)34(37)38(29-16-35(4,5)17-30(40)33(29)32)27-12-11-24(43-6)15-28(27)39(41)42/h7-15,32H,16-17,19,37H2,1-6H3. The Kier molecular flexibility index (Phi) is 8.32. The number of nitrogens with two attached hydrogens (primary N) is 1. The molecule has 0 amide bonds. The predicted octanol–water partition coefficient (Wildman–Crippen LogP) is 7.76. The molecule has 2 N–H and O–H groups in total. The van der Waals surface area contributed by atoms with Crippen LogP contribution in [0.25, 0.3) is 0 Å². The van der Waals surface area contributed by atoms with E-state index in [-0.39, 0.29) is 28.6 Å². The van der Waals surface area contributed by atoms with Crippen molar-refractivity contribution in [2.75, 3.05) is 12.0 Å². The lowest BCUT2D eigenvalue weighted by molar-refractivity contribution is -0.384. The van der Waals surface area contributed by atoms with Crippen LogP contribution in [-0.2, 0) is 10.5 Å². The number of hydrogen-bond acceptors (Lipinski definition) is 8. The molecule has 1 aliphatic heterocycles. The van der Waals surface area contributed by atoms with E-state index in [0.717, 1.165) is 28.0 Å². The molecule has 0 saturated heterocycles. The number of Topliss-reactive ketones (excluding diaryl/α,β-unsaturated/α-hetero) is 1. The van der Waals surface area contributed by atoms with Gasteiger partial charge in [0.25, 0.3) is 5.69 Å². The monoisotopic (exact) mass is 608 g/mol. The van der Waals surface area contributed by atoms with Gasteiger partial charge in [0.1, 0.15) is 17.3 Å². The number of ether oxygens (including phenoxy) is 1. The van der Waals surface area contributed by atoms with Crippen molar-refractivity contribution in [2.45, 2.75) is 64.0 Å². The summed E-state index contributed by atoms with van der Waals surface area (Å²) in [5.74, 6) is 0.357. The third-order valence-corrected chi connectivity index (χ3v) is 9.71. The first-order chi connectivity index (χ1) is 20.9. The number of rotatable bonds is 7. The number of ketones is 1. The van der Waals surface area contributed by atoms with Crippen LogP contribution in [0.3, 0.4) is 0 Å². The molecule has 2 aliphatic rings. The second kappa shape index (κ2) is 11.9. The summed E-state index contributed by atoms with van der Waals surface area (Å²) >= 11 is 1.75. The van der Waals surface area contributed by atoms with Crippen molar-refractivity contribution in [3.8, 4) is 11.8 Å². The molecule has 0 radical (unpaired) electrons. The van der Waals surface area contributed by atoms with Crippen molar-refractivity contribution in [1.29, 1.82) is 5.26 Å². The number of thioether (sulfide) groups is 1. The normalized spacial score (nSPS) is 17.8. The summed E-state index contributed by atoms with van der Waals surface area (Å²) < 4.78 is 5.25. The molecule has 1 unspecified atom stereocenters. The fraction of sp³-hybridized carbons (Fsp3) is 0.314. The van der Waals surface area contributed by atoms with Gasteiger partial charge in [0, 0.05) is 28.3 Å². The van der Waals surface area contributed by atoms with Crippen LogP contribution in [0.4, 0.5) is 11.4 Å². The Hall–Kier alpha value is -4.55. The van der Waals surface area contributed by atoms with E-state index < -0.39 is 16.3 Å². The molecule has 9 heteroatoms. The molecule has 3 aromatic carbocycles. The molecule has 0 bridgehead atoms. The lowest BCUT2D eigenvalue weighted by Crippen LogP contribution is -2.42. The average molecular weight is 609 g/mol. The van der Waals surface area contributed by atoms with Crippen LogP contribution in [0.1, 0.15) is 60.4 Å². The van der Waals surface area contributed by atoms with Crippen LogP contribution in [0.5, 0.6) is 5.75 Å². The van der Waals surface area contributed by atoms with E-state index in [1.165, 1.54) is 23.6 Å². The first-order valence-electron chi connectivity index (χ1n) is 14.4. The summed E-state index contributed by atoms with van der Waals surface area (Å²) in [6.07, 6.45) is 0.744. The highest BCUT2D eigenvalue weighted by Crippen LogP contribution is 2.52. The second-order valence-electron chi connectivity index (χ2n) is 12.3. The zero-order valence-electron chi connectivity index (χ0n) is 25.9. The van der Waals surface area contributed by atoms with Crippen LogP contribution in [0, 0.1) is 47.6 Å². The van der Waals surface area contributed by atoms with E-state index in [4.69, 9.17) is 10.5 Å². The number of carbonyl (C=O) groups excluding carboxylic acids is 1. The van der Waals surface area contributed by atoms with Crippen molar-refractivity contribution in [3.05, 3.63) is 115 Å². The van der Waals surface area contributed by atoms with Gasteiger partial charge >= 0.3 is 0 Å². The molecule has 0 spiro atoms. The van der Waals surface area contributed by atoms with Crippen LogP contribution in [0.15, 0.2) is 82.2 Å². The number of anilines is 1. The molecule has 3 aromatic rings. The highest BCUT2D eigenvalue weighted by atomic mass is 32.2. The van der Waals surface area contributed by atoms with Gasteiger partial charge in [-0.15, -0.1) is 11.8 Å². The number of nitro benzene ring substituents is 1. The topological polar surface area (TPSA) is 122 Å². The lowest BCUT2D eigenvalue weighted by atomic mass is 9.68. The Balaban J connectivity index is 1.72. The first-order valence-corrected chi connectivity index (χ1v) is 15.4. The van der Waals surface area contributed by atoms with Gasteiger partial charge in [-0.05, 0) is 73.1 Å². The smallest absolute Gasteiger partial charge is 0.296 e. The number of nitriles is 1. The first kappa shape index (κ1) is 30.9. The highest BCUT2D eigenvalue weighted by molar-refractivity contribution is 7.98. The predicted molar refractivity (Wildman–Crippen MR) is 173 cm³/mol. The number of nitrogens with zero attached hydrogens (tertiary/aromatic N) is 3. The molecule has 1 aliphatic carbocycles. The number of aryl methyl sites for hydroxylation is 2. The minimum absolute atomic E-state index is 0.0839. The van der Waals surface area contributed by atoms with E-state index >= 15 is 0 Å². The van der Waals surface area contributed by atoms with Crippen LogP contribution < -0.4 is 15.4 Å². The summed E-state index contributed by atoms with van der Waals surface area (Å²) in [7, 11) is 1.44. The molecular formula is C35H36N4O4S. The lowest BCUT2D eigenvalue weighted by Gasteiger charge is -2.43. The maximum Gasteiger partial charge on any atom is 0.296 e. The number of nitro groups is 1. The van der Waals surface area contributed by atoms with Gasteiger partial charge in [0.15, 0.2) is 5.78 Å². The van der Waals surface area contributed by atoms with Gasteiger partial charge in [-0.2, -0.15) is 5.26 Å². The molecule has 1 heterocycles. The summed E-state index contributed by atoms with van der Waals surface area (Å²) in [5, 5.41) is 22.9. The Morgan fingerprint density at radius 1 is 1.14 bits per heavy atom. The van der Waals surface area contributed by atoms with Crippen molar-refractivity contribution < 1.29 is 14.5 Å². The SMILES string of the molecule is COc1ccc(N2C(N)=C(C#N)C(c3cc(C)cc(CSc4ccccc4C)c3C)C3=C2CC(C)(C)CC3=O)c([N+](=O)[O-])c1. The zero-order valence-corrected chi connectivity index (χ0v) is 26.7. The van der Waals surface area contributed by atoms with Gasteiger partial charge in [-0.1, -0.05) is 49.7 Å². The van der Waals surface area contributed by atoms with Gasteiger partial charge in [0.05, 0.1) is 35.7 Å². The molecule has 0 aromatic heterocycles. The van der Waals surface area contributed by atoms with Gasteiger partial charge in [-0.3, -0.25) is 19.8 Å². The van der Waals surface area contributed by atoms with E-state index in [2.05, 4.69) is 31.2 Å². The molecule has 5 rings (SSSR count). The van der Waals surface area contributed by atoms with Gasteiger partial charge < -0.3 is 10.5 Å². The number of methoxy groups -OCH3 is 1. The van der Waals surface area contributed by atoms with Crippen LogP contribution >= 0.6 is 11.8 Å². The van der Waals surface area contributed by atoms with Crippen molar-refractivity contribution >= 4 is 28.9 Å². The highest BCUT2D eigenvalue weighted by Gasteiger charge is 2.46. The van der Waals surface area contributed by atoms with E-state index in [9.17, 15) is 20.2 Å². The van der Waals surface area contributed by atoms with Crippen LogP contribution in [-0.4, -0.2) is 17.8 Å². The van der Waals surface area contributed by atoms with Crippen LogP contribution in [0.2, 0.25) is 0 Å². The Bertz CT molecular complexity index is 1800. The summed E-state index contributed by atoms with van der Waals surface area (Å²) in [6, 6.07) is 19.3. The number of hydrogen-bond donors (Lipinski definition) is 1. The molecule has 0 saturated carbocycles. The molecule has 1 atom stereocenters. The van der Waals surface area contributed by atoms with E-state index in [1.54, 1.807) is 28.8 Å². The fourth-order valence-electron chi connectivity index (χ4n) is 6.35. The number of carbonyl (C=O) groups is 1. The molecular weight excluding hydrogens is 572 g/mol. The van der Waals surface area contributed by atoms with Crippen molar-refractivity contribution in [1.82, 2.24) is 0 Å². The van der Waals surface area contributed by atoms with Gasteiger partial charge in [0.2, 0.25) is 0 Å². The molecule has 44 heavy (non-hydrogen) atoms. The molecule has 8 nitrogen and oxygen atoms in total. The third-order valence-electron chi connectivity index (χ3n) is 8.49. The number of benzene rings is 3. The number of allylic oxidation sites excluding steroid dienone is 3. The maximum absolute atomic E-state index is 14.1. The van der Waals surface area contributed by atoms with E-state index in [1.807, 2.05) is 45.9 Å². The Morgan fingerprint density at radius 2 is 1.86 bits per heavy atom. The Morgan fingerprint density at radius 3 is 2.52 bits per heavy atom. The van der Waals surface area contributed by atoms with Crippen molar-refractivity contribution in [3.63, 3.8) is 0 Å². The zero-order chi connectivity index (χ0) is 31.9. The summed E-state index contributed by atoms with van der Waals surface area (Å²) in [4.78, 5) is 28.6. The minimum Gasteiger partial charge on any atom is -0.496 e. The van der Waals surface area contributed by atoms with Crippen molar-refractivity contribution in [2.24, 2.45) is 11.1 Å². The fourth-order valence-corrected chi connectivity index (χ4v) is 7.43. The molecule has 0 fully saturated rings. The third kappa shape index (κ3) is 5.58. The second-order valence-corrected chi connectivity index (χ2v) is 13.3. The maximum atomic E-state index is 14.1. The minimum atomic E-state index is -0.686. The van der Waals surface area contributed by atoms with Gasteiger partial charge in [-0.25, -0.2) is 0 Å². The van der Waals surface area contributed by atoms with E-state index in [0.29, 0.717) is 29.9 Å². The summed E-state index contributed by atoms with van der Waals surface area (Å²) in [6.45, 7) is 10.1.